The number of esters is 1. The summed E-state index contributed by atoms with van der Waals surface area (Å²) in [4.78, 5) is 30.6. The molecule has 5 heteroatoms. The van der Waals surface area contributed by atoms with E-state index in [4.69, 9.17) is 4.74 Å². The number of hydrogen-bond acceptors (Lipinski definition) is 5. The summed E-state index contributed by atoms with van der Waals surface area (Å²) in [6, 6.07) is 13.9. The number of nitrogens with one attached hydrogen (secondary N) is 1. The molecule has 2 aromatic rings. The van der Waals surface area contributed by atoms with Crippen LogP contribution >= 0.6 is 0 Å². The lowest BCUT2D eigenvalue weighted by atomic mass is 9.72. The van der Waals surface area contributed by atoms with Crippen molar-refractivity contribution in [2.24, 2.45) is 0 Å². The van der Waals surface area contributed by atoms with Gasteiger partial charge in [0.25, 0.3) is 0 Å². The Balaban J connectivity index is 1.78. The zero-order valence-electron chi connectivity index (χ0n) is 17.5. The number of Topliss-reactive ketones (excluding diaryl/α,β-unsaturated/α-hetero) is 1. The Labute approximate surface area is 176 Å². The van der Waals surface area contributed by atoms with Crippen LogP contribution in [0.5, 0.6) is 0 Å². The topological polar surface area (TPSA) is 68.3 Å². The van der Waals surface area contributed by atoms with Crippen molar-refractivity contribution in [1.82, 2.24) is 10.3 Å². The molecular formula is C25H26N2O3. The summed E-state index contributed by atoms with van der Waals surface area (Å²) in [7, 11) is 0. The van der Waals surface area contributed by atoms with E-state index in [1.807, 2.05) is 51.1 Å². The van der Waals surface area contributed by atoms with E-state index in [0.717, 1.165) is 28.9 Å². The number of carbonyl (C=O) groups is 2. The van der Waals surface area contributed by atoms with Gasteiger partial charge in [0.1, 0.15) is 0 Å². The first-order valence-electron chi connectivity index (χ1n) is 10.4. The average Bonchev–Trinajstić information content (AvgIpc) is 2.73. The Morgan fingerprint density at radius 3 is 2.50 bits per heavy atom. The van der Waals surface area contributed by atoms with E-state index in [-0.39, 0.29) is 17.8 Å². The molecule has 2 aliphatic rings. The molecule has 0 amide bonds. The molecule has 2 atom stereocenters. The first-order valence-corrected chi connectivity index (χ1v) is 10.4. The second-order valence-electron chi connectivity index (χ2n) is 8.17. The first-order chi connectivity index (χ1) is 14.5. The smallest absolute Gasteiger partial charge is 0.337 e. The molecule has 2 unspecified atom stereocenters. The third-order valence-corrected chi connectivity index (χ3v) is 5.68. The molecule has 5 nitrogen and oxygen atoms in total. The normalized spacial score (nSPS) is 21.4. The fourth-order valence-electron chi connectivity index (χ4n) is 4.43. The Hall–Kier alpha value is -3.21. The molecule has 1 aromatic heterocycles. The Morgan fingerprint density at radius 1 is 1.10 bits per heavy atom. The quantitative estimate of drug-likeness (QED) is 0.768. The van der Waals surface area contributed by atoms with Crippen LogP contribution in [-0.4, -0.2) is 22.8 Å². The lowest BCUT2D eigenvalue weighted by Crippen LogP contribution is -2.36. The number of allylic oxidation sites excluding steroid dienone is 3. The van der Waals surface area contributed by atoms with Crippen molar-refractivity contribution in [3.8, 4) is 0 Å². The number of ether oxygens (including phenoxy) is 1. The van der Waals surface area contributed by atoms with Crippen LogP contribution in [0.15, 0.2) is 77.4 Å². The van der Waals surface area contributed by atoms with E-state index in [1.54, 1.807) is 12.4 Å². The van der Waals surface area contributed by atoms with Crippen molar-refractivity contribution in [1.29, 1.82) is 0 Å². The minimum atomic E-state index is -0.467. The molecule has 1 aromatic carbocycles. The standard InChI is InChI=1S/C25H26N2O3/c1-15(2)30-25(29)22-16(3)27-20-12-19(17-8-5-4-6-9-17)13-21(28)24(20)23(22)18-10-7-11-26-14-18/h4-11,14-15,19,23,27H,12-13H2,1-3H3. The summed E-state index contributed by atoms with van der Waals surface area (Å²) in [6.45, 7) is 5.52. The Bertz CT molecular complexity index is 1020. The number of benzene rings is 1. The number of carbonyl (C=O) groups excluding carboxylic acids is 2. The number of nitrogens with zero attached hydrogens (tertiary/aromatic N) is 1. The van der Waals surface area contributed by atoms with Gasteiger partial charge in [-0.25, -0.2) is 4.79 Å². The van der Waals surface area contributed by atoms with Crippen molar-refractivity contribution in [3.63, 3.8) is 0 Å². The van der Waals surface area contributed by atoms with Gasteiger partial charge in [-0.1, -0.05) is 36.4 Å². The van der Waals surface area contributed by atoms with E-state index >= 15 is 0 Å². The third kappa shape index (κ3) is 3.80. The predicted molar refractivity (Wildman–Crippen MR) is 114 cm³/mol. The summed E-state index contributed by atoms with van der Waals surface area (Å²) in [5.74, 6) is -0.677. The molecule has 2 heterocycles. The molecule has 1 aliphatic carbocycles. The highest BCUT2D eigenvalue weighted by Crippen LogP contribution is 2.45. The van der Waals surface area contributed by atoms with Crippen LogP contribution in [-0.2, 0) is 14.3 Å². The van der Waals surface area contributed by atoms with Gasteiger partial charge in [0.05, 0.1) is 11.7 Å². The minimum absolute atomic E-state index is 0.0637. The van der Waals surface area contributed by atoms with Crippen LogP contribution in [0, 0.1) is 0 Å². The van der Waals surface area contributed by atoms with Crippen LogP contribution < -0.4 is 5.32 Å². The van der Waals surface area contributed by atoms with E-state index < -0.39 is 11.9 Å². The second kappa shape index (κ2) is 8.27. The van der Waals surface area contributed by atoms with E-state index in [1.165, 1.54) is 0 Å². The summed E-state index contributed by atoms with van der Waals surface area (Å²) in [5, 5.41) is 3.37. The van der Waals surface area contributed by atoms with Crippen LogP contribution in [0.25, 0.3) is 0 Å². The van der Waals surface area contributed by atoms with E-state index in [2.05, 4.69) is 22.4 Å². The van der Waals surface area contributed by atoms with Gasteiger partial charge in [0.15, 0.2) is 5.78 Å². The fourth-order valence-corrected chi connectivity index (χ4v) is 4.43. The lowest BCUT2D eigenvalue weighted by Gasteiger charge is -2.36. The van der Waals surface area contributed by atoms with Gasteiger partial charge in [0, 0.05) is 41.7 Å². The molecule has 154 valence electrons. The van der Waals surface area contributed by atoms with Crippen LogP contribution in [0.2, 0.25) is 0 Å². The van der Waals surface area contributed by atoms with Gasteiger partial charge in [0.2, 0.25) is 0 Å². The number of pyridine rings is 1. The molecule has 1 N–H and O–H groups in total. The molecule has 0 radical (unpaired) electrons. The molecule has 0 saturated heterocycles. The molecule has 4 rings (SSSR count). The fraction of sp³-hybridized carbons (Fsp3) is 0.320. The highest BCUT2D eigenvalue weighted by Gasteiger charge is 2.41. The molecular weight excluding hydrogens is 376 g/mol. The van der Waals surface area contributed by atoms with Crippen molar-refractivity contribution < 1.29 is 14.3 Å². The highest BCUT2D eigenvalue weighted by molar-refractivity contribution is 6.04. The Morgan fingerprint density at radius 2 is 1.83 bits per heavy atom. The zero-order valence-corrected chi connectivity index (χ0v) is 17.5. The van der Waals surface area contributed by atoms with Crippen molar-refractivity contribution in [2.45, 2.75) is 51.6 Å². The largest absolute Gasteiger partial charge is 0.460 e. The average molecular weight is 402 g/mol. The number of aromatic nitrogens is 1. The number of hydrogen-bond donors (Lipinski definition) is 1. The predicted octanol–water partition coefficient (Wildman–Crippen LogP) is 4.39. The number of dihydropyridines is 1. The molecule has 0 spiro atoms. The summed E-state index contributed by atoms with van der Waals surface area (Å²) in [5.41, 5.74) is 4.76. The summed E-state index contributed by atoms with van der Waals surface area (Å²) >= 11 is 0. The maximum atomic E-state index is 13.4. The van der Waals surface area contributed by atoms with E-state index in [0.29, 0.717) is 17.6 Å². The second-order valence-corrected chi connectivity index (χ2v) is 8.17. The Kier molecular flexibility index (Phi) is 5.53. The summed E-state index contributed by atoms with van der Waals surface area (Å²) < 4.78 is 5.53. The van der Waals surface area contributed by atoms with Crippen LogP contribution in [0.1, 0.15) is 56.6 Å². The van der Waals surface area contributed by atoms with Crippen molar-refractivity contribution in [2.75, 3.05) is 0 Å². The number of ketones is 1. The molecule has 1 aliphatic heterocycles. The van der Waals surface area contributed by atoms with Crippen molar-refractivity contribution >= 4 is 11.8 Å². The SMILES string of the molecule is CC1=C(C(=O)OC(C)C)C(c2cccnc2)C2=C(CC(c3ccccc3)CC2=O)N1. The van der Waals surface area contributed by atoms with Crippen molar-refractivity contribution in [3.05, 3.63) is 88.5 Å². The van der Waals surface area contributed by atoms with Gasteiger partial charge in [-0.15, -0.1) is 0 Å². The van der Waals surface area contributed by atoms with Gasteiger partial charge in [-0.3, -0.25) is 9.78 Å². The van der Waals surface area contributed by atoms with E-state index in [9.17, 15) is 9.59 Å². The van der Waals surface area contributed by atoms with Gasteiger partial charge >= 0.3 is 5.97 Å². The molecule has 30 heavy (non-hydrogen) atoms. The van der Waals surface area contributed by atoms with Gasteiger partial charge in [-0.2, -0.15) is 0 Å². The van der Waals surface area contributed by atoms with Crippen LogP contribution in [0.4, 0.5) is 0 Å². The maximum Gasteiger partial charge on any atom is 0.337 e. The highest BCUT2D eigenvalue weighted by atomic mass is 16.5. The van der Waals surface area contributed by atoms with Gasteiger partial charge < -0.3 is 10.1 Å². The monoisotopic (exact) mass is 402 g/mol. The summed E-state index contributed by atoms with van der Waals surface area (Å²) in [6.07, 6.45) is 4.33. The molecule has 0 bridgehead atoms. The third-order valence-electron chi connectivity index (χ3n) is 5.68. The maximum absolute atomic E-state index is 13.4. The zero-order chi connectivity index (χ0) is 21.3. The molecule has 0 fully saturated rings. The minimum Gasteiger partial charge on any atom is -0.460 e. The van der Waals surface area contributed by atoms with Gasteiger partial charge in [-0.05, 0) is 50.3 Å². The number of rotatable bonds is 4. The first kappa shape index (κ1) is 20.1. The lowest BCUT2D eigenvalue weighted by molar-refractivity contribution is -0.143. The van der Waals surface area contributed by atoms with Crippen LogP contribution in [0.3, 0.4) is 0 Å². The molecule has 0 saturated carbocycles.